The Balaban J connectivity index is 0.000000561. The average molecular weight is 165 g/mol. The predicted molar refractivity (Wildman–Crippen MR) is 55.0 cm³/mol. The van der Waals surface area contributed by atoms with Crippen LogP contribution in [0.4, 0.5) is 0 Å². The van der Waals surface area contributed by atoms with Gasteiger partial charge in [0.2, 0.25) is 0 Å². The van der Waals surface area contributed by atoms with E-state index in [0.29, 0.717) is 0 Å². The summed E-state index contributed by atoms with van der Waals surface area (Å²) in [6.07, 6.45) is 1.00. The van der Waals surface area contributed by atoms with Crippen molar-refractivity contribution in [1.82, 2.24) is 0 Å². The first-order valence-electron chi connectivity index (χ1n) is 4.65. The van der Waals surface area contributed by atoms with Gasteiger partial charge in [0.15, 0.2) is 0 Å². The smallest absolute Gasteiger partial charge is 0.0292 e. The molecule has 0 aliphatic heterocycles. The largest absolute Gasteiger partial charge is 0.324 e. The predicted octanol–water partition coefficient (Wildman–Crippen LogP) is 3.12. The van der Waals surface area contributed by atoms with Gasteiger partial charge in [-0.1, -0.05) is 51.1 Å². The molecule has 0 fully saturated rings. The molecule has 0 bridgehead atoms. The summed E-state index contributed by atoms with van der Waals surface area (Å²) in [7, 11) is 0. The first kappa shape index (κ1) is 11.2. The van der Waals surface area contributed by atoms with Crippen LogP contribution < -0.4 is 5.73 Å². The van der Waals surface area contributed by atoms with Crippen LogP contribution in [0.15, 0.2) is 30.3 Å². The average Bonchev–Trinajstić information content (AvgIpc) is 2.21. The van der Waals surface area contributed by atoms with E-state index in [0.717, 1.165) is 6.42 Å². The van der Waals surface area contributed by atoms with E-state index in [1.807, 2.05) is 32.0 Å². The second kappa shape index (κ2) is 6.86. The van der Waals surface area contributed by atoms with Crippen LogP contribution in [0.25, 0.3) is 0 Å². The molecular weight excluding hydrogens is 146 g/mol. The Kier molecular flexibility index (Phi) is 6.39. The third-order valence-corrected chi connectivity index (χ3v) is 1.67. The highest BCUT2D eigenvalue weighted by Gasteiger charge is 1.99. The zero-order valence-corrected chi connectivity index (χ0v) is 8.25. The molecule has 12 heavy (non-hydrogen) atoms. The summed E-state index contributed by atoms with van der Waals surface area (Å²) < 4.78 is 0. The Bertz CT molecular complexity index is 181. The van der Waals surface area contributed by atoms with Gasteiger partial charge < -0.3 is 5.73 Å². The van der Waals surface area contributed by atoms with Gasteiger partial charge in [0.1, 0.15) is 0 Å². The summed E-state index contributed by atoms with van der Waals surface area (Å²) in [6.45, 7) is 6.09. The van der Waals surface area contributed by atoms with Crippen LogP contribution in [0.3, 0.4) is 0 Å². The van der Waals surface area contributed by atoms with E-state index in [4.69, 9.17) is 5.73 Å². The van der Waals surface area contributed by atoms with Crippen LogP contribution in [0.2, 0.25) is 0 Å². The molecule has 0 aliphatic rings. The van der Waals surface area contributed by atoms with Gasteiger partial charge in [-0.25, -0.2) is 0 Å². The zero-order chi connectivity index (χ0) is 9.40. The first-order valence-corrected chi connectivity index (χ1v) is 4.65. The molecule has 1 aromatic rings. The minimum atomic E-state index is 0.209. The molecule has 0 amide bonds. The van der Waals surface area contributed by atoms with E-state index in [1.165, 1.54) is 5.56 Å². The molecule has 1 heteroatoms. The van der Waals surface area contributed by atoms with Crippen LogP contribution >= 0.6 is 0 Å². The molecule has 0 spiro atoms. The van der Waals surface area contributed by atoms with Crippen LogP contribution in [0, 0.1) is 0 Å². The van der Waals surface area contributed by atoms with Crippen molar-refractivity contribution in [2.24, 2.45) is 5.73 Å². The quantitative estimate of drug-likeness (QED) is 0.716. The van der Waals surface area contributed by atoms with Gasteiger partial charge in [-0.3, -0.25) is 0 Å². The molecule has 2 N–H and O–H groups in total. The maximum absolute atomic E-state index is 5.79. The maximum atomic E-state index is 5.79. The molecule has 0 heterocycles. The van der Waals surface area contributed by atoms with E-state index >= 15 is 0 Å². The summed E-state index contributed by atoms with van der Waals surface area (Å²) in [5.74, 6) is 0. The van der Waals surface area contributed by atoms with Crippen LogP contribution in [-0.2, 0) is 0 Å². The molecule has 1 nitrogen and oxygen atoms in total. The topological polar surface area (TPSA) is 26.0 Å². The van der Waals surface area contributed by atoms with E-state index < -0.39 is 0 Å². The Morgan fingerprint density at radius 2 is 1.67 bits per heavy atom. The molecule has 0 aromatic heterocycles. The Hall–Kier alpha value is -0.820. The lowest BCUT2D eigenvalue weighted by Crippen LogP contribution is -2.07. The lowest BCUT2D eigenvalue weighted by atomic mass is 10.1. The van der Waals surface area contributed by atoms with Gasteiger partial charge in [-0.2, -0.15) is 0 Å². The van der Waals surface area contributed by atoms with E-state index in [-0.39, 0.29) is 6.04 Å². The first-order chi connectivity index (χ1) is 5.84. The monoisotopic (exact) mass is 165 g/mol. The van der Waals surface area contributed by atoms with Crippen molar-refractivity contribution < 1.29 is 0 Å². The van der Waals surface area contributed by atoms with Crippen molar-refractivity contribution in [2.45, 2.75) is 33.2 Å². The summed E-state index contributed by atoms with van der Waals surface area (Å²) in [5, 5.41) is 0. The van der Waals surface area contributed by atoms with Gasteiger partial charge in [-0.05, 0) is 12.0 Å². The van der Waals surface area contributed by atoms with Crippen molar-refractivity contribution in [3.05, 3.63) is 35.9 Å². The Morgan fingerprint density at radius 1 is 1.17 bits per heavy atom. The second-order valence-electron chi connectivity index (χ2n) is 2.43. The minimum absolute atomic E-state index is 0.209. The maximum Gasteiger partial charge on any atom is 0.0292 e. The zero-order valence-electron chi connectivity index (χ0n) is 8.25. The minimum Gasteiger partial charge on any atom is -0.324 e. The summed E-state index contributed by atoms with van der Waals surface area (Å²) in [4.78, 5) is 0. The summed E-state index contributed by atoms with van der Waals surface area (Å²) >= 11 is 0. The number of hydrogen-bond donors (Lipinski definition) is 1. The number of nitrogens with two attached hydrogens (primary N) is 1. The van der Waals surface area contributed by atoms with Gasteiger partial charge in [-0.15, -0.1) is 0 Å². The highest BCUT2D eigenvalue weighted by Crippen LogP contribution is 2.11. The fourth-order valence-corrected chi connectivity index (χ4v) is 0.936. The lowest BCUT2D eigenvalue weighted by Gasteiger charge is -2.06. The molecular formula is C11H19N. The van der Waals surface area contributed by atoms with Crippen molar-refractivity contribution >= 4 is 0 Å². The molecule has 1 atom stereocenters. The number of rotatable bonds is 2. The third kappa shape index (κ3) is 3.54. The third-order valence-electron chi connectivity index (χ3n) is 1.67. The summed E-state index contributed by atoms with van der Waals surface area (Å²) in [6, 6.07) is 10.4. The number of hydrogen-bond acceptors (Lipinski definition) is 1. The van der Waals surface area contributed by atoms with Crippen molar-refractivity contribution in [1.29, 1.82) is 0 Å². The van der Waals surface area contributed by atoms with Crippen LogP contribution in [-0.4, -0.2) is 0 Å². The fourth-order valence-electron chi connectivity index (χ4n) is 0.936. The second-order valence-corrected chi connectivity index (χ2v) is 2.43. The number of benzene rings is 1. The lowest BCUT2D eigenvalue weighted by molar-refractivity contribution is 0.699. The van der Waals surface area contributed by atoms with E-state index in [2.05, 4.69) is 19.1 Å². The molecule has 0 radical (unpaired) electrons. The molecule has 0 aliphatic carbocycles. The van der Waals surface area contributed by atoms with Crippen molar-refractivity contribution in [3.8, 4) is 0 Å². The van der Waals surface area contributed by atoms with E-state index in [1.54, 1.807) is 0 Å². The standard InChI is InChI=1S/C9H13N.C2H6/c1-2-9(10)8-6-4-3-5-7-8;1-2/h3-7,9H,2,10H2,1H3;1-2H3/t9-;/m1./s1. The highest BCUT2D eigenvalue weighted by atomic mass is 14.6. The Labute approximate surface area is 75.6 Å². The SMILES string of the molecule is CC.CC[C@@H](N)c1ccccc1. The van der Waals surface area contributed by atoms with Gasteiger partial charge >= 0.3 is 0 Å². The Morgan fingerprint density at radius 3 is 2.08 bits per heavy atom. The molecule has 68 valence electrons. The molecule has 1 aromatic carbocycles. The molecule has 0 unspecified atom stereocenters. The van der Waals surface area contributed by atoms with Gasteiger partial charge in [0, 0.05) is 6.04 Å². The van der Waals surface area contributed by atoms with Crippen molar-refractivity contribution in [2.75, 3.05) is 0 Å². The normalized spacial score (nSPS) is 11.3. The van der Waals surface area contributed by atoms with Crippen molar-refractivity contribution in [3.63, 3.8) is 0 Å². The molecule has 1 rings (SSSR count). The fraction of sp³-hybridized carbons (Fsp3) is 0.455. The molecule has 0 saturated heterocycles. The highest BCUT2D eigenvalue weighted by molar-refractivity contribution is 5.17. The molecule has 0 saturated carbocycles. The van der Waals surface area contributed by atoms with Crippen LogP contribution in [0.5, 0.6) is 0 Å². The summed E-state index contributed by atoms with van der Waals surface area (Å²) in [5.41, 5.74) is 7.02. The van der Waals surface area contributed by atoms with Gasteiger partial charge in [0.05, 0.1) is 0 Å². The van der Waals surface area contributed by atoms with E-state index in [9.17, 15) is 0 Å². The van der Waals surface area contributed by atoms with Gasteiger partial charge in [0.25, 0.3) is 0 Å². The van der Waals surface area contributed by atoms with Crippen LogP contribution in [0.1, 0.15) is 38.8 Å².